The van der Waals surface area contributed by atoms with Crippen molar-refractivity contribution in [2.24, 2.45) is 0 Å². The highest BCUT2D eigenvalue weighted by Gasteiger charge is 2.19. The molecule has 1 unspecified atom stereocenters. The summed E-state index contributed by atoms with van der Waals surface area (Å²) in [4.78, 5) is 14.3. The van der Waals surface area contributed by atoms with E-state index in [0.29, 0.717) is 6.54 Å². The molecular formula is C22H30N2O2. The Hall–Kier alpha value is -2.33. The first-order valence-corrected chi connectivity index (χ1v) is 9.12. The Balaban J connectivity index is 2.00. The minimum Gasteiger partial charge on any atom is -0.444 e. The molecule has 0 aliphatic heterocycles. The molecule has 0 aliphatic rings. The van der Waals surface area contributed by atoms with Crippen LogP contribution in [-0.2, 0) is 17.8 Å². The molecule has 1 atom stereocenters. The van der Waals surface area contributed by atoms with Crippen LogP contribution in [0.1, 0.15) is 38.8 Å². The van der Waals surface area contributed by atoms with Crippen molar-refractivity contribution >= 4 is 6.09 Å². The maximum Gasteiger partial charge on any atom is 0.407 e. The molecule has 0 aromatic heterocycles. The first kappa shape index (κ1) is 20.0. The van der Waals surface area contributed by atoms with E-state index in [9.17, 15) is 4.79 Å². The third-order valence-corrected chi connectivity index (χ3v) is 4.02. The summed E-state index contributed by atoms with van der Waals surface area (Å²) in [6.07, 6.45) is -0.372. The second-order valence-corrected chi connectivity index (χ2v) is 7.61. The van der Waals surface area contributed by atoms with Crippen molar-refractivity contribution in [3.05, 3.63) is 71.8 Å². The van der Waals surface area contributed by atoms with Gasteiger partial charge in [-0.25, -0.2) is 4.79 Å². The maximum atomic E-state index is 12.0. The first-order valence-electron chi connectivity index (χ1n) is 9.12. The molecule has 1 amide bonds. The number of nitrogens with one attached hydrogen (secondary N) is 1. The van der Waals surface area contributed by atoms with Gasteiger partial charge in [-0.05, 0) is 38.8 Å². The van der Waals surface area contributed by atoms with Crippen LogP contribution in [-0.4, -0.2) is 29.2 Å². The number of ether oxygens (including phenoxy) is 1. The molecule has 1 N–H and O–H groups in total. The van der Waals surface area contributed by atoms with Gasteiger partial charge in [-0.1, -0.05) is 60.7 Å². The Morgan fingerprint density at radius 3 is 1.85 bits per heavy atom. The topological polar surface area (TPSA) is 41.6 Å². The molecule has 0 heterocycles. The highest BCUT2D eigenvalue weighted by Crippen LogP contribution is 2.13. The molecule has 4 nitrogen and oxygen atoms in total. The minimum atomic E-state index is -0.485. The van der Waals surface area contributed by atoms with E-state index < -0.39 is 5.60 Å². The van der Waals surface area contributed by atoms with Crippen molar-refractivity contribution in [2.75, 3.05) is 6.54 Å². The minimum absolute atomic E-state index is 0.169. The summed E-state index contributed by atoms with van der Waals surface area (Å²) < 4.78 is 5.34. The Morgan fingerprint density at radius 2 is 1.42 bits per heavy atom. The zero-order valence-corrected chi connectivity index (χ0v) is 16.2. The Bertz CT molecular complexity index is 624. The third kappa shape index (κ3) is 7.28. The van der Waals surface area contributed by atoms with Gasteiger partial charge in [0.1, 0.15) is 5.60 Å². The Kier molecular flexibility index (Phi) is 7.22. The predicted molar refractivity (Wildman–Crippen MR) is 106 cm³/mol. The van der Waals surface area contributed by atoms with Gasteiger partial charge < -0.3 is 10.1 Å². The van der Waals surface area contributed by atoms with Crippen molar-refractivity contribution in [2.45, 2.75) is 52.4 Å². The van der Waals surface area contributed by atoms with Gasteiger partial charge in [0.25, 0.3) is 0 Å². The molecule has 0 saturated heterocycles. The standard InChI is InChI=1S/C22H30N2O2/c1-18(15-23-21(25)26-22(2,3)4)24(16-19-11-7-5-8-12-19)17-20-13-9-6-10-14-20/h5-14,18H,15-17H2,1-4H3,(H,23,25). The van der Waals surface area contributed by atoms with Gasteiger partial charge in [-0.3, -0.25) is 4.90 Å². The summed E-state index contributed by atoms with van der Waals surface area (Å²) in [5.74, 6) is 0. The van der Waals surface area contributed by atoms with Crippen LogP contribution in [0.15, 0.2) is 60.7 Å². The van der Waals surface area contributed by atoms with E-state index in [-0.39, 0.29) is 12.1 Å². The smallest absolute Gasteiger partial charge is 0.407 e. The van der Waals surface area contributed by atoms with Crippen LogP contribution in [0.2, 0.25) is 0 Å². The van der Waals surface area contributed by atoms with Crippen LogP contribution >= 0.6 is 0 Å². The number of alkyl carbamates (subject to hydrolysis) is 1. The zero-order valence-electron chi connectivity index (χ0n) is 16.2. The van der Waals surface area contributed by atoms with E-state index in [0.717, 1.165) is 13.1 Å². The average Bonchev–Trinajstić information content (AvgIpc) is 2.59. The summed E-state index contributed by atoms with van der Waals surface area (Å²) in [6, 6.07) is 21.0. The van der Waals surface area contributed by atoms with Crippen LogP contribution in [0.4, 0.5) is 4.79 Å². The normalized spacial score (nSPS) is 12.7. The van der Waals surface area contributed by atoms with Gasteiger partial charge in [-0.15, -0.1) is 0 Å². The molecule has 2 aromatic carbocycles. The summed E-state index contributed by atoms with van der Waals surface area (Å²) >= 11 is 0. The van der Waals surface area contributed by atoms with E-state index in [1.807, 2.05) is 32.9 Å². The van der Waals surface area contributed by atoms with Crippen LogP contribution < -0.4 is 5.32 Å². The second kappa shape index (κ2) is 9.39. The van der Waals surface area contributed by atoms with Crippen molar-refractivity contribution in [3.63, 3.8) is 0 Å². The SMILES string of the molecule is CC(CNC(=O)OC(C)(C)C)N(Cc1ccccc1)Cc1ccccc1. The van der Waals surface area contributed by atoms with E-state index >= 15 is 0 Å². The highest BCUT2D eigenvalue weighted by atomic mass is 16.6. The van der Waals surface area contributed by atoms with Gasteiger partial charge in [0.15, 0.2) is 0 Å². The zero-order chi connectivity index (χ0) is 19.0. The predicted octanol–water partition coefficient (Wildman–Crippen LogP) is 4.60. The quantitative estimate of drug-likeness (QED) is 0.790. The molecule has 2 aromatic rings. The lowest BCUT2D eigenvalue weighted by Crippen LogP contribution is -2.43. The molecule has 0 bridgehead atoms. The largest absolute Gasteiger partial charge is 0.444 e. The average molecular weight is 354 g/mol. The molecule has 0 saturated carbocycles. The molecular weight excluding hydrogens is 324 g/mol. The number of benzene rings is 2. The highest BCUT2D eigenvalue weighted by molar-refractivity contribution is 5.67. The summed E-state index contributed by atoms with van der Waals surface area (Å²) in [5.41, 5.74) is 2.03. The van der Waals surface area contributed by atoms with Crippen molar-refractivity contribution < 1.29 is 9.53 Å². The monoisotopic (exact) mass is 354 g/mol. The van der Waals surface area contributed by atoms with Gasteiger partial charge in [0, 0.05) is 25.7 Å². The van der Waals surface area contributed by atoms with E-state index in [1.54, 1.807) is 0 Å². The molecule has 26 heavy (non-hydrogen) atoms. The Morgan fingerprint density at radius 1 is 0.962 bits per heavy atom. The van der Waals surface area contributed by atoms with Crippen LogP contribution in [0, 0.1) is 0 Å². The number of carbonyl (C=O) groups is 1. The fourth-order valence-electron chi connectivity index (χ4n) is 2.68. The van der Waals surface area contributed by atoms with Crippen molar-refractivity contribution in [3.8, 4) is 0 Å². The number of rotatable bonds is 7. The van der Waals surface area contributed by atoms with E-state index in [1.165, 1.54) is 11.1 Å². The first-order chi connectivity index (χ1) is 12.3. The van der Waals surface area contributed by atoms with Gasteiger partial charge in [0.05, 0.1) is 0 Å². The van der Waals surface area contributed by atoms with E-state index in [2.05, 4.69) is 65.7 Å². The maximum absolute atomic E-state index is 12.0. The molecule has 4 heteroatoms. The molecule has 0 aliphatic carbocycles. The molecule has 0 spiro atoms. The Labute approximate surface area is 157 Å². The number of hydrogen-bond acceptors (Lipinski definition) is 3. The molecule has 140 valence electrons. The lowest BCUT2D eigenvalue weighted by atomic mass is 10.1. The number of hydrogen-bond donors (Lipinski definition) is 1. The van der Waals surface area contributed by atoms with Crippen molar-refractivity contribution in [1.82, 2.24) is 10.2 Å². The van der Waals surface area contributed by atoms with Gasteiger partial charge in [-0.2, -0.15) is 0 Å². The summed E-state index contributed by atoms with van der Waals surface area (Å²) in [5, 5.41) is 2.89. The van der Waals surface area contributed by atoms with Crippen LogP contribution in [0.3, 0.4) is 0 Å². The van der Waals surface area contributed by atoms with Crippen LogP contribution in [0.5, 0.6) is 0 Å². The number of nitrogens with zero attached hydrogens (tertiary/aromatic N) is 1. The van der Waals surface area contributed by atoms with Crippen molar-refractivity contribution in [1.29, 1.82) is 0 Å². The molecule has 0 radical (unpaired) electrons. The number of amides is 1. The lowest BCUT2D eigenvalue weighted by molar-refractivity contribution is 0.0506. The van der Waals surface area contributed by atoms with Gasteiger partial charge in [0.2, 0.25) is 0 Å². The third-order valence-electron chi connectivity index (χ3n) is 4.02. The number of carbonyl (C=O) groups excluding carboxylic acids is 1. The fourth-order valence-corrected chi connectivity index (χ4v) is 2.68. The molecule has 2 rings (SSSR count). The second-order valence-electron chi connectivity index (χ2n) is 7.61. The van der Waals surface area contributed by atoms with E-state index in [4.69, 9.17) is 4.74 Å². The van der Waals surface area contributed by atoms with Gasteiger partial charge >= 0.3 is 6.09 Å². The lowest BCUT2D eigenvalue weighted by Gasteiger charge is -2.30. The summed E-state index contributed by atoms with van der Waals surface area (Å²) in [7, 11) is 0. The fraction of sp³-hybridized carbons (Fsp3) is 0.409. The van der Waals surface area contributed by atoms with Crippen LogP contribution in [0.25, 0.3) is 0 Å². The molecule has 0 fully saturated rings. The summed E-state index contributed by atoms with van der Waals surface area (Å²) in [6.45, 7) is 9.92.